The molecule has 0 unspecified atom stereocenters. The molecule has 16 heavy (non-hydrogen) atoms. The minimum Gasteiger partial charge on any atom is -0.494 e. The molecule has 0 aliphatic rings. The van der Waals surface area contributed by atoms with Crippen molar-refractivity contribution in [3.63, 3.8) is 0 Å². The Bertz CT molecular complexity index is 350. The van der Waals surface area contributed by atoms with Gasteiger partial charge in [-0.2, -0.15) is 0 Å². The first-order valence-corrected chi connectivity index (χ1v) is 4.46. The van der Waals surface area contributed by atoms with Crippen molar-refractivity contribution < 1.29 is 27.8 Å². The summed E-state index contributed by atoms with van der Waals surface area (Å²) in [6.45, 7) is 2.65. The Balaban J connectivity index is 2.93. The van der Waals surface area contributed by atoms with Gasteiger partial charge in [0.15, 0.2) is 0 Å². The largest absolute Gasteiger partial charge is 0.573 e. The third-order valence-corrected chi connectivity index (χ3v) is 1.66. The van der Waals surface area contributed by atoms with Crippen molar-refractivity contribution in [3.05, 3.63) is 30.4 Å². The molecule has 0 aliphatic heterocycles. The molecule has 1 aromatic rings. The normalized spacial score (nSPS) is 11.3. The van der Waals surface area contributed by atoms with Gasteiger partial charge in [0, 0.05) is 5.56 Å². The van der Waals surface area contributed by atoms with Crippen molar-refractivity contribution in [1.82, 2.24) is 0 Å². The van der Waals surface area contributed by atoms with E-state index in [0.717, 1.165) is 6.07 Å². The van der Waals surface area contributed by atoms with E-state index in [-0.39, 0.29) is 5.56 Å². The van der Waals surface area contributed by atoms with Gasteiger partial charge in [-0.1, -0.05) is 0 Å². The number of aliphatic hydroxyl groups is 1. The smallest absolute Gasteiger partial charge is 0.494 e. The van der Waals surface area contributed by atoms with Gasteiger partial charge in [-0.25, -0.2) is 0 Å². The number of benzene rings is 1. The van der Waals surface area contributed by atoms with E-state index in [0.29, 0.717) is 19.0 Å². The average Bonchev–Trinajstić information content (AvgIpc) is 2.18. The zero-order valence-corrected chi connectivity index (χ0v) is 8.41. The SMILES string of the molecule is CCOc1ccc(OC(F)(F)F)c([CH]O)c1. The van der Waals surface area contributed by atoms with Gasteiger partial charge in [0.2, 0.25) is 0 Å². The van der Waals surface area contributed by atoms with Gasteiger partial charge in [0.1, 0.15) is 18.1 Å². The number of hydrogen-bond acceptors (Lipinski definition) is 3. The molecule has 1 aromatic carbocycles. The molecule has 0 spiro atoms. The molecular weight excluding hydrogens is 225 g/mol. The summed E-state index contributed by atoms with van der Waals surface area (Å²) in [6, 6.07) is 3.67. The van der Waals surface area contributed by atoms with Crippen molar-refractivity contribution in [1.29, 1.82) is 0 Å². The Morgan fingerprint density at radius 1 is 1.38 bits per heavy atom. The van der Waals surface area contributed by atoms with Crippen molar-refractivity contribution in [2.45, 2.75) is 13.3 Å². The van der Waals surface area contributed by atoms with Crippen molar-refractivity contribution in [2.75, 3.05) is 6.61 Å². The molecule has 89 valence electrons. The molecule has 1 rings (SSSR count). The van der Waals surface area contributed by atoms with E-state index in [9.17, 15) is 13.2 Å². The molecule has 1 radical (unpaired) electrons. The van der Waals surface area contributed by atoms with Crippen LogP contribution in [0.3, 0.4) is 0 Å². The maximum absolute atomic E-state index is 12.0. The Morgan fingerprint density at radius 2 is 2.06 bits per heavy atom. The van der Waals surface area contributed by atoms with Crippen molar-refractivity contribution >= 4 is 0 Å². The van der Waals surface area contributed by atoms with Gasteiger partial charge in [-0.05, 0) is 25.1 Å². The third-order valence-electron chi connectivity index (χ3n) is 1.66. The second-order valence-electron chi connectivity index (χ2n) is 2.81. The predicted molar refractivity (Wildman–Crippen MR) is 49.6 cm³/mol. The lowest BCUT2D eigenvalue weighted by atomic mass is 10.2. The standard InChI is InChI=1S/C10H10F3O3/c1-2-15-8-3-4-9(7(5-8)6-14)16-10(11,12)13/h3-6,14H,2H2,1H3. The van der Waals surface area contributed by atoms with Gasteiger partial charge in [-0.3, -0.25) is 0 Å². The highest BCUT2D eigenvalue weighted by Crippen LogP contribution is 2.29. The third kappa shape index (κ3) is 3.62. The Kier molecular flexibility index (Phi) is 4.00. The van der Waals surface area contributed by atoms with Crippen LogP contribution in [-0.2, 0) is 0 Å². The molecule has 3 nitrogen and oxygen atoms in total. The molecule has 0 aromatic heterocycles. The number of halogens is 3. The second-order valence-corrected chi connectivity index (χ2v) is 2.81. The van der Waals surface area contributed by atoms with Crippen LogP contribution in [0.25, 0.3) is 0 Å². The molecule has 0 saturated heterocycles. The fraction of sp³-hybridized carbons (Fsp3) is 0.300. The van der Waals surface area contributed by atoms with E-state index in [2.05, 4.69) is 4.74 Å². The zero-order chi connectivity index (χ0) is 12.2. The second kappa shape index (κ2) is 5.07. The summed E-state index contributed by atoms with van der Waals surface area (Å²) in [5.41, 5.74) is -0.0942. The van der Waals surface area contributed by atoms with Gasteiger partial charge in [0.05, 0.1) is 6.61 Å². The summed E-state index contributed by atoms with van der Waals surface area (Å²) in [6.07, 6.45) is -4.79. The number of ether oxygens (including phenoxy) is 2. The van der Waals surface area contributed by atoms with Crippen LogP contribution in [0, 0.1) is 6.61 Å². The van der Waals surface area contributed by atoms with E-state index in [1.54, 1.807) is 6.92 Å². The van der Waals surface area contributed by atoms with E-state index < -0.39 is 12.1 Å². The summed E-state index contributed by atoms with van der Waals surface area (Å²) in [5, 5.41) is 8.78. The first kappa shape index (κ1) is 12.6. The number of hydrogen-bond donors (Lipinski definition) is 1. The lowest BCUT2D eigenvalue weighted by Crippen LogP contribution is -2.18. The predicted octanol–water partition coefficient (Wildman–Crippen LogP) is 2.87. The zero-order valence-electron chi connectivity index (χ0n) is 8.41. The lowest BCUT2D eigenvalue weighted by molar-refractivity contribution is -0.274. The lowest BCUT2D eigenvalue weighted by Gasteiger charge is -2.13. The summed E-state index contributed by atoms with van der Waals surface area (Å²) >= 11 is 0. The maximum atomic E-state index is 12.0. The van der Waals surface area contributed by atoms with Gasteiger partial charge in [0.25, 0.3) is 0 Å². The number of alkyl halides is 3. The minimum absolute atomic E-state index is 0.0942. The van der Waals surface area contributed by atoms with Gasteiger partial charge < -0.3 is 14.6 Å². The first-order chi connectivity index (χ1) is 7.46. The molecule has 0 aliphatic carbocycles. The van der Waals surface area contributed by atoms with E-state index in [1.165, 1.54) is 12.1 Å². The molecule has 0 fully saturated rings. The van der Waals surface area contributed by atoms with Crippen molar-refractivity contribution in [2.24, 2.45) is 0 Å². The van der Waals surface area contributed by atoms with E-state index >= 15 is 0 Å². The molecule has 6 heteroatoms. The number of aliphatic hydroxyl groups excluding tert-OH is 1. The summed E-state index contributed by atoms with van der Waals surface area (Å²) in [7, 11) is 0. The maximum Gasteiger partial charge on any atom is 0.573 e. The highest BCUT2D eigenvalue weighted by molar-refractivity contribution is 5.43. The van der Waals surface area contributed by atoms with Crippen LogP contribution in [0.5, 0.6) is 11.5 Å². The summed E-state index contributed by atoms with van der Waals surface area (Å²) in [4.78, 5) is 0. The first-order valence-electron chi connectivity index (χ1n) is 4.46. The summed E-state index contributed by atoms with van der Waals surface area (Å²) < 4.78 is 44.6. The van der Waals surface area contributed by atoms with Crippen LogP contribution >= 0.6 is 0 Å². The quantitative estimate of drug-likeness (QED) is 0.872. The van der Waals surface area contributed by atoms with Gasteiger partial charge >= 0.3 is 6.36 Å². The molecular formula is C10H10F3O3. The Morgan fingerprint density at radius 3 is 2.56 bits per heavy atom. The van der Waals surface area contributed by atoms with E-state index in [4.69, 9.17) is 9.84 Å². The monoisotopic (exact) mass is 235 g/mol. The molecule has 0 saturated carbocycles. The molecule has 0 bridgehead atoms. The fourth-order valence-electron chi connectivity index (χ4n) is 1.10. The van der Waals surface area contributed by atoms with Crippen LogP contribution in [0.2, 0.25) is 0 Å². The van der Waals surface area contributed by atoms with Crippen LogP contribution in [0.1, 0.15) is 12.5 Å². The fourth-order valence-corrected chi connectivity index (χ4v) is 1.10. The highest BCUT2D eigenvalue weighted by atomic mass is 19.4. The van der Waals surface area contributed by atoms with Crippen LogP contribution in [0.4, 0.5) is 13.2 Å². The average molecular weight is 235 g/mol. The van der Waals surface area contributed by atoms with Crippen LogP contribution in [-0.4, -0.2) is 18.1 Å². The van der Waals surface area contributed by atoms with Crippen molar-refractivity contribution in [3.8, 4) is 11.5 Å². The highest BCUT2D eigenvalue weighted by Gasteiger charge is 2.32. The van der Waals surface area contributed by atoms with Gasteiger partial charge in [-0.15, -0.1) is 13.2 Å². The molecule has 0 atom stereocenters. The van der Waals surface area contributed by atoms with Crippen LogP contribution in [0.15, 0.2) is 18.2 Å². The summed E-state index contributed by atoms with van der Waals surface area (Å²) in [5.74, 6) is -0.115. The van der Waals surface area contributed by atoms with E-state index in [1.807, 2.05) is 0 Å². The molecule has 0 heterocycles. The minimum atomic E-state index is -4.79. The Labute approximate surface area is 90.4 Å². The van der Waals surface area contributed by atoms with Crippen LogP contribution < -0.4 is 9.47 Å². The molecule has 1 N–H and O–H groups in total. The number of rotatable bonds is 4. The topological polar surface area (TPSA) is 38.7 Å². The Hall–Kier alpha value is -1.43. The molecule has 0 amide bonds.